The van der Waals surface area contributed by atoms with Gasteiger partial charge in [0.1, 0.15) is 0 Å². The maximum atomic E-state index is 12.0. The van der Waals surface area contributed by atoms with Crippen LogP contribution in [0.15, 0.2) is 23.1 Å². The fraction of sp³-hybridized carbons (Fsp3) is 0.455. The molecule has 1 aromatic carbocycles. The number of rotatable bonds is 5. The fourth-order valence-corrected chi connectivity index (χ4v) is 2.75. The van der Waals surface area contributed by atoms with E-state index in [9.17, 15) is 8.42 Å². The van der Waals surface area contributed by atoms with Crippen molar-refractivity contribution in [3.8, 4) is 0 Å². The molecular weight excluding hydrogens is 240 g/mol. The number of nitrogens with one attached hydrogen (secondary N) is 1. The molecule has 0 aromatic heterocycles. The van der Waals surface area contributed by atoms with E-state index in [0.717, 1.165) is 0 Å². The molecule has 0 radical (unpaired) electrons. The molecule has 0 heterocycles. The van der Waals surface area contributed by atoms with Gasteiger partial charge in [-0.05, 0) is 30.5 Å². The lowest BCUT2D eigenvalue weighted by atomic mass is 10.2. The predicted molar refractivity (Wildman–Crippen MR) is 67.0 cm³/mol. The van der Waals surface area contributed by atoms with Gasteiger partial charge in [0.05, 0.1) is 4.90 Å². The van der Waals surface area contributed by atoms with Crippen molar-refractivity contribution >= 4 is 15.7 Å². The molecule has 4 N–H and O–H groups in total. The smallest absolute Gasteiger partial charge is 0.240 e. The fourth-order valence-electron chi connectivity index (χ4n) is 1.32. The van der Waals surface area contributed by atoms with E-state index >= 15 is 0 Å². The highest BCUT2D eigenvalue weighted by molar-refractivity contribution is 7.89. The summed E-state index contributed by atoms with van der Waals surface area (Å²) in [5.74, 6) is -0.119. The second kappa shape index (κ2) is 5.48. The number of anilines is 1. The third-order valence-corrected chi connectivity index (χ3v) is 4.12. The van der Waals surface area contributed by atoms with Crippen LogP contribution in [0.1, 0.15) is 12.5 Å². The zero-order chi connectivity index (χ0) is 13.1. The highest BCUT2D eigenvalue weighted by Gasteiger charge is 2.18. The monoisotopic (exact) mass is 258 g/mol. The van der Waals surface area contributed by atoms with E-state index in [-0.39, 0.29) is 24.0 Å². The van der Waals surface area contributed by atoms with Crippen molar-refractivity contribution in [2.75, 3.05) is 18.9 Å². The Balaban J connectivity index is 2.94. The number of aliphatic hydroxyl groups is 1. The van der Waals surface area contributed by atoms with Crippen LogP contribution in [0.2, 0.25) is 0 Å². The molecular formula is C11H18N2O3S. The average Bonchev–Trinajstić information content (AvgIpc) is 2.29. The Morgan fingerprint density at radius 3 is 2.71 bits per heavy atom. The van der Waals surface area contributed by atoms with E-state index in [1.807, 2.05) is 0 Å². The van der Waals surface area contributed by atoms with E-state index in [0.29, 0.717) is 11.3 Å². The first-order chi connectivity index (χ1) is 7.88. The molecule has 0 spiro atoms. The van der Waals surface area contributed by atoms with E-state index in [4.69, 9.17) is 10.8 Å². The zero-order valence-electron chi connectivity index (χ0n) is 9.97. The maximum absolute atomic E-state index is 12.0. The first-order valence-corrected chi connectivity index (χ1v) is 6.82. The summed E-state index contributed by atoms with van der Waals surface area (Å²) in [6, 6.07) is 4.77. The summed E-state index contributed by atoms with van der Waals surface area (Å²) in [6.07, 6.45) is 0. The van der Waals surface area contributed by atoms with E-state index in [1.54, 1.807) is 26.0 Å². The predicted octanol–water partition coefficient (Wildman–Crippen LogP) is 0.484. The van der Waals surface area contributed by atoms with Crippen molar-refractivity contribution in [3.63, 3.8) is 0 Å². The van der Waals surface area contributed by atoms with Crippen LogP contribution < -0.4 is 10.5 Å². The van der Waals surface area contributed by atoms with Gasteiger partial charge in [-0.1, -0.05) is 13.0 Å². The quantitative estimate of drug-likeness (QED) is 0.670. The Morgan fingerprint density at radius 1 is 1.47 bits per heavy atom. The Labute approximate surface area is 102 Å². The summed E-state index contributed by atoms with van der Waals surface area (Å²) in [6.45, 7) is 3.57. The van der Waals surface area contributed by atoms with Crippen molar-refractivity contribution in [2.45, 2.75) is 18.7 Å². The van der Waals surface area contributed by atoms with Crippen LogP contribution in [0.5, 0.6) is 0 Å². The second-order valence-corrected chi connectivity index (χ2v) is 5.85. The summed E-state index contributed by atoms with van der Waals surface area (Å²) in [5.41, 5.74) is 6.65. The summed E-state index contributed by atoms with van der Waals surface area (Å²) < 4.78 is 26.4. The number of nitrogen functional groups attached to an aromatic ring is 1. The second-order valence-electron chi connectivity index (χ2n) is 4.11. The molecule has 0 saturated heterocycles. The van der Waals surface area contributed by atoms with Gasteiger partial charge in [0.25, 0.3) is 0 Å². The van der Waals surface area contributed by atoms with Crippen molar-refractivity contribution < 1.29 is 13.5 Å². The zero-order valence-corrected chi connectivity index (χ0v) is 10.8. The van der Waals surface area contributed by atoms with Crippen LogP contribution >= 0.6 is 0 Å². The Morgan fingerprint density at radius 2 is 2.12 bits per heavy atom. The molecule has 0 amide bonds. The molecule has 1 aromatic rings. The van der Waals surface area contributed by atoms with Crippen LogP contribution in [-0.4, -0.2) is 26.7 Å². The SMILES string of the molecule is Cc1c(N)cccc1S(=O)(=O)NCC(C)CO. The summed E-state index contributed by atoms with van der Waals surface area (Å²) in [4.78, 5) is 0.183. The minimum atomic E-state index is -3.56. The van der Waals surface area contributed by atoms with E-state index < -0.39 is 10.0 Å². The number of hydrogen-bond acceptors (Lipinski definition) is 4. The normalized spacial score (nSPS) is 13.6. The number of sulfonamides is 1. The van der Waals surface area contributed by atoms with Gasteiger partial charge in [-0.15, -0.1) is 0 Å². The van der Waals surface area contributed by atoms with Gasteiger partial charge in [-0.25, -0.2) is 13.1 Å². The van der Waals surface area contributed by atoms with Gasteiger partial charge in [-0.2, -0.15) is 0 Å². The summed E-state index contributed by atoms with van der Waals surface area (Å²) in [7, 11) is -3.56. The molecule has 1 rings (SSSR count). The van der Waals surface area contributed by atoms with Gasteiger partial charge in [0, 0.05) is 18.8 Å². The molecule has 0 fully saturated rings. The molecule has 0 bridgehead atoms. The molecule has 96 valence electrons. The van der Waals surface area contributed by atoms with E-state index in [1.165, 1.54) is 6.07 Å². The lowest BCUT2D eigenvalue weighted by Gasteiger charge is -2.12. The molecule has 17 heavy (non-hydrogen) atoms. The molecule has 0 aliphatic carbocycles. The third-order valence-electron chi connectivity index (χ3n) is 2.55. The lowest BCUT2D eigenvalue weighted by molar-refractivity contribution is 0.238. The topological polar surface area (TPSA) is 92.4 Å². The van der Waals surface area contributed by atoms with Crippen LogP contribution in [-0.2, 0) is 10.0 Å². The molecule has 6 heteroatoms. The highest BCUT2D eigenvalue weighted by atomic mass is 32.2. The van der Waals surface area contributed by atoms with Crippen molar-refractivity contribution in [3.05, 3.63) is 23.8 Å². The van der Waals surface area contributed by atoms with Crippen LogP contribution in [0, 0.1) is 12.8 Å². The molecule has 1 atom stereocenters. The van der Waals surface area contributed by atoms with Crippen molar-refractivity contribution in [1.29, 1.82) is 0 Å². The third kappa shape index (κ3) is 3.42. The molecule has 5 nitrogen and oxygen atoms in total. The van der Waals surface area contributed by atoms with Gasteiger partial charge >= 0.3 is 0 Å². The van der Waals surface area contributed by atoms with Crippen LogP contribution in [0.3, 0.4) is 0 Å². The Hall–Kier alpha value is -1.11. The van der Waals surface area contributed by atoms with Crippen molar-refractivity contribution in [2.24, 2.45) is 5.92 Å². The van der Waals surface area contributed by atoms with Gasteiger partial charge < -0.3 is 10.8 Å². The first-order valence-electron chi connectivity index (χ1n) is 5.34. The summed E-state index contributed by atoms with van der Waals surface area (Å²) >= 11 is 0. The molecule has 1 unspecified atom stereocenters. The number of hydrogen-bond donors (Lipinski definition) is 3. The minimum absolute atomic E-state index is 0.0571. The maximum Gasteiger partial charge on any atom is 0.240 e. The molecule has 0 aliphatic rings. The summed E-state index contributed by atoms with van der Waals surface area (Å²) in [5, 5.41) is 8.85. The standard InChI is InChI=1S/C11H18N2O3S/c1-8(7-14)6-13-17(15,16)11-5-3-4-10(12)9(11)2/h3-5,8,13-14H,6-7,12H2,1-2H3. The van der Waals surface area contributed by atoms with Crippen LogP contribution in [0.25, 0.3) is 0 Å². The number of aliphatic hydroxyl groups excluding tert-OH is 1. The molecule has 0 aliphatic heterocycles. The largest absolute Gasteiger partial charge is 0.398 e. The van der Waals surface area contributed by atoms with Gasteiger partial charge in [-0.3, -0.25) is 0 Å². The van der Waals surface area contributed by atoms with Gasteiger partial charge in [0.2, 0.25) is 10.0 Å². The average molecular weight is 258 g/mol. The first kappa shape index (κ1) is 14.0. The van der Waals surface area contributed by atoms with Crippen LogP contribution in [0.4, 0.5) is 5.69 Å². The van der Waals surface area contributed by atoms with Gasteiger partial charge in [0.15, 0.2) is 0 Å². The van der Waals surface area contributed by atoms with E-state index in [2.05, 4.69) is 4.72 Å². The Bertz CT molecular complexity index is 485. The lowest BCUT2D eigenvalue weighted by Crippen LogP contribution is -2.30. The van der Waals surface area contributed by atoms with Crippen molar-refractivity contribution in [1.82, 2.24) is 4.72 Å². The number of nitrogens with two attached hydrogens (primary N) is 1. The highest BCUT2D eigenvalue weighted by Crippen LogP contribution is 2.20. The Kier molecular flexibility index (Phi) is 4.50. The molecule has 0 saturated carbocycles. The number of benzene rings is 1. The minimum Gasteiger partial charge on any atom is -0.398 e.